The van der Waals surface area contributed by atoms with Crippen molar-refractivity contribution in [3.63, 3.8) is 0 Å². The molecule has 6 heteroatoms. The quantitative estimate of drug-likeness (QED) is 0.903. The standard InChI is InChI=1S/C15H19N5O/c1-11-18-12(8-14(21)19-11)15(2)4-3-7-20(10-15)13-9-16-5-6-17-13/h5-6,8-9H,3-4,7,10H2,1-2H3,(H,18,19,21). The van der Waals surface area contributed by atoms with E-state index in [2.05, 4.69) is 31.8 Å². The monoisotopic (exact) mass is 285 g/mol. The van der Waals surface area contributed by atoms with Crippen LogP contribution >= 0.6 is 0 Å². The first-order chi connectivity index (χ1) is 10.1. The summed E-state index contributed by atoms with van der Waals surface area (Å²) in [6.45, 7) is 5.73. The molecular weight excluding hydrogens is 266 g/mol. The Morgan fingerprint density at radius 1 is 1.38 bits per heavy atom. The number of hydrogen-bond acceptors (Lipinski definition) is 5. The Kier molecular flexibility index (Phi) is 3.45. The van der Waals surface area contributed by atoms with Crippen LogP contribution in [-0.4, -0.2) is 33.0 Å². The normalized spacial score (nSPS) is 22.3. The number of piperidine rings is 1. The van der Waals surface area contributed by atoms with Crippen LogP contribution < -0.4 is 10.5 Å². The molecule has 0 radical (unpaired) electrons. The fraction of sp³-hybridized carbons (Fsp3) is 0.467. The van der Waals surface area contributed by atoms with Crippen LogP contribution in [0, 0.1) is 6.92 Å². The van der Waals surface area contributed by atoms with Gasteiger partial charge in [-0.15, -0.1) is 0 Å². The van der Waals surface area contributed by atoms with Crippen molar-refractivity contribution in [1.29, 1.82) is 0 Å². The highest BCUT2D eigenvalue weighted by atomic mass is 16.1. The molecule has 110 valence electrons. The third kappa shape index (κ3) is 2.79. The first-order valence-corrected chi connectivity index (χ1v) is 7.16. The summed E-state index contributed by atoms with van der Waals surface area (Å²) in [6.07, 6.45) is 7.22. The lowest BCUT2D eigenvalue weighted by atomic mass is 9.78. The predicted molar refractivity (Wildman–Crippen MR) is 80.4 cm³/mol. The molecule has 0 amide bonds. The van der Waals surface area contributed by atoms with Crippen molar-refractivity contribution in [3.05, 3.63) is 46.5 Å². The molecule has 2 aromatic rings. The topological polar surface area (TPSA) is 74.8 Å². The molecule has 3 heterocycles. The van der Waals surface area contributed by atoms with E-state index in [1.54, 1.807) is 24.7 Å². The van der Waals surface area contributed by atoms with Crippen molar-refractivity contribution >= 4 is 5.82 Å². The van der Waals surface area contributed by atoms with Gasteiger partial charge in [-0.05, 0) is 19.8 Å². The van der Waals surface area contributed by atoms with Gasteiger partial charge in [0.2, 0.25) is 0 Å². The molecule has 2 aromatic heterocycles. The molecular formula is C15H19N5O. The average molecular weight is 285 g/mol. The number of H-pyrrole nitrogens is 1. The smallest absolute Gasteiger partial charge is 0.251 e. The summed E-state index contributed by atoms with van der Waals surface area (Å²) >= 11 is 0. The first kappa shape index (κ1) is 13.7. The summed E-state index contributed by atoms with van der Waals surface area (Å²) in [5, 5.41) is 0. The van der Waals surface area contributed by atoms with Gasteiger partial charge in [-0.3, -0.25) is 9.78 Å². The van der Waals surface area contributed by atoms with Crippen LogP contribution in [-0.2, 0) is 5.41 Å². The summed E-state index contributed by atoms with van der Waals surface area (Å²) in [7, 11) is 0. The van der Waals surface area contributed by atoms with Crippen molar-refractivity contribution in [3.8, 4) is 0 Å². The van der Waals surface area contributed by atoms with Crippen molar-refractivity contribution in [2.24, 2.45) is 0 Å². The van der Waals surface area contributed by atoms with Gasteiger partial charge in [-0.25, -0.2) is 9.97 Å². The van der Waals surface area contributed by atoms with E-state index in [1.165, 1.54) is 0 Å². The van der Waals surface area contributed by atoms with Gasteiger partial charge in [0.1, 0.15) is 11.6 Å². The van der Waals surface area contributed by atoms with Crippen LogP contribution in [0.3, 0.4) is 0 Å². The Hall–Kier alpha value is -2.24. The number of rotatable bonds is 2. The number of nitrogens with zero attached hydrogens (tertiary/aromatic N) is 4. The fourth-order valence-corrected chi connectivity index (χ4v) is 2.99. The van der Waals surface area contributed by atoms with E-state index < -0.39 is 0 Å². The maximum atomic E-state index is 11.7. The van der Waals surface area contributed by atoms with Crippen molar-refractivity contribution in [2.75, 3.05) is 18.0 Å². The molecule has 1 aliphatic heterocycles. The molecule has 3 rings (SSSR count). The minimum Gasteiger partial charge on any atom is -0.354 e. The highest BCUT2D eigenvalue weighted by molar-refractivity contribution is 5.38. The van der Waals surface area contributed by atoms with Gasteiger partial charge in [0.05, 0.1) is 11.9 Å². The lowest BCUT2D eigenvalue weighted by Gasteiger charge is -2.40. The van der Waals surface area contributed by atoms with E-state index in [4.69, 9.17) is 0 Å². The molecule has 1 unspecified atom stereocenters. The molecule has 1 N–H and O–H groups in total. The van der Waals surface area contributed by atoms with E-state index in [0.717, 1.165) is 37.4 Å². The van der Waals surface area contributed by atoms with Crippen LogP contribution in [0.2, 0.25) is 0 Å². The lowest BCUT2D eigenvalue weighted by Crippen LogP contribution is -2.45. The number of hydrogen-bond donors (Lipinski definition) is 1. The SMILES string of the molecule is Cc1nc(C2(C)CCCN(c3cnccn3)C2)cc(=O)[nH]1. The Balaban J connectivity index is 1.92. The second kappa shape index (κ2) is 5.27. The van der Waals surface area contributed by atoms with Crippen LogP contribution in [0.15, 0.2) is 29.5 Å². The second-order valence-electron chi connectivity index (χ2n) is 5.87. The number of aromatic amines is 1. The predicted octanol–water partition coefficient (Wildman–Crippen LogP) is 1.43. The molecule has 21 heavy (non-hydrogen) atoms. The minimum absolute atomic E-state index is 0.0876. The summed E-state index contributed by atoms with van der Waals surface area (Å²) in [5.41, 5.74) is 0.627. The van der Waals surface area contributed by atoms with Gasteiger partial charge in [0.25, 0.3) is 5.56 Å². The first-order valence-electron chi connectivity index (χ1n) is 7.16. The third-order valence-electron chi connectivity index (χ3n) is 4.05. The van der Waals surface area contributed by atoms with E-state index in [-0.39, 0.29) is 11.0 Å². The molecule has 1 fully saturated rings. The highest BCUT2D eigenvalue weighted by Gasteiger charge is 2.35. The molecule has 6 nitrogen and oxygen atoms in total. The van der Waals surface area contributed by atoms with Crippen LogP contribution in [0.5, 0.6) is 0 Å². The lowest BCUT2D eigenvalue weighted by molar-refractivity contribution is 0.361. The van der Waals surface area contributed by atoms with E-state index >= 15 is 0 Å². The Bertz CT molecular complexity index is 684. The zero-order valence-corrected chi connectivity index (χ0v) is 12.3. The zero-order chi connectivity index (χ0) is 14.9. The second-order valence-corrected chi connectivity index (χ2v) is 5.87. The van der Waals surface area contributed by atoms with Gasteiger partial charge in [-0.1, -0.05) is 6.92 Å². The van der Waals surface area contributed by atoms with E-state index in [0.29, 0.717) is 5.82 Å². The van der Waals surface area contributed by atoms with Gasteiger partial charge < -0.3 is 9.88 Å². The van der Waals surface area contributed by atoms with Crippen molar-refractivity contribution in [1.82, 2.24) is 19.9 Å². The fourth-order valence-electron chi connectivity index (χ4n) is 2.99. The van der Waals surface area contributed by atoms with Gasteiger partial charge in [0.15, 0.2) is 0 Å². The molecule has 0 spiro atoms. The van der Waals surface area contributed by atoms with Crippen molar-refractivity contribution < 1.29 is 0 Å². The van der Waals surface area contributed by atoms with Gasteiger partial charge >= 0.3 is 0 Å². The molecule has 0 aromatic carbocycles. The maximum absolute atomic E-state index is 11.7. The van der Waals surface area contributed by atoms with E-state index in [1.807, 2.05) is 6.92 Å². The van der Waals surface area contributed by atoms with Crippen molar-refractivity contribution in [2.45, 2.75) is 32.1 Å². The third-order valence-corrected chi connectivity index (χ3v) is 4.05. The zero-order valence-electron chi connectivity index (χ0n) is 12.3. The van der Waals surface area contributed by atoms with E-state index in [9.17, 15) is 4.79 Å². The molecule has 1 aliphatic rings. The Morgan fingerprint density at radius 2 is 2.24 bits per heavy atom. The van der Waals surface area contributed by atoms with Gasteiger partial charge in [-0.2, -0.15) is 0 Å². The van der Waals surface area contributed by atoms with Crippen LogP contribution in [0.4, 0.5) is 5.82 Å². The average Bonchev–Trinajstić information content (AvgIpc) is 2.47. The molecule has 0 aliphatic carbocycles. The summed E-state index contributed by atoms with van der Waals surface area (Å²) in [5.74, 6) is 1.54. The van der Waals surface area contributed by atoms with Gasteiger partial charge in [0, 0.05) is 37.0 Å². The molecule has 0 bridgehead atoms. The minimum atomic E-state index is -0.144. The number of aromatic nitrogens is 4. The maximum Gasteiger partial charge on any atom is 0.251 e. The summed E-state index contributed by atoms with van der Waals surface area (Å²) < 4.78 is 0. The summed E-state index contributed by atoms with van der Waals surface area (Å²) in [6, 6.07) is 1.62. The summed E-state index contributed by atoms with van der Waals surface area (Å²) in [4.78, 5) is 29.7. The Morgan fingerprint density at radius 3 is 2.95 bits per heavy atom. The molecule has 1 saturated heterocycles. The number of nitrogens with one attached hydrogen (secondary N) is 1. The van der Waals surface area contributed by atoms with Crippen LogP contribution in [0.1, 0.15) is 31.3 Å². The number of anilines is 1. The molecule has 0 saturated carbocycles. The largest absolute Gasteiger partial charge is 0.354 e. The number of aryl methyl sites for hydroxylation is 1. The Labute approximate surface area is 123 Å². The van der Waals surface area contributed by atoms with Crippen LogP contribution in [0.25, 0.3) is 0 Å². The highest BCUT2D eigenvalue weighted by Crippen LogP contribution is 2.33. The molecule has 1 atom stereocenters.